The summed E-state index contributed by atoms with van der Waals surface area (Å²) >= 11 is 0. The van der Waals surface area contributed by atoms with Crippen molar-refractivity contribution in [3.63, 3.8) is 0 Å². The standard InChI is InChI=1S/C30H55N4O9PS/c1-3-5-7-9-11-13-14-16-18-20-22-45(40,41)24-25(42-21-19-17-15-12-10-8-6-4-2)23-43-44(38,39)34-28(35)26-27(33-30(34)37)32-29(36)31-26/h25H,3-24H2,1-2H3,(H,33,37)(H,38,39)(H2,31,32,36). The number of hydrogen-bond donors (Lipinski definition) is 4. The quantitative estimate of drug-likeness (QED) is 0.0694. The highest BCUT2D eigenvalue weighted by atomic mass is 32.2. The van der Waals surface area contributed by atoms with E-state index >= 15 is 0 Å². The van der Waals surface area contributed by atoms with Gasteiger partial charge in [-0.25, -0.2) is 22.6 Å². The van der Waals surface area contributed by atoms with Gasteiger partial charge in [0, 0.05) is 6.61 Å². The van der Waals surface area contributed by atoms with Gasteiger partial charge in [-0.1, -0.05) is 117 Å². The number of aromatic nitrogens is 4. The predicted molar refractivity (Wildman–Crippen MR) is 178 cm³/mol. The number of fused-ring (bicyclic) bond motifs is 1. The third kappa shape index (κ3) is 15.0. The lowest BCUT2D eigenvalue weighted by molar-refractivity contribution is 0.0283. The van der Waals surface area contributed by atoms with Crippen LogP contribution in [0, 0.1) is 0 Å². The Kier molecular flexibility index (Phi) is 18.3. The SMILES string of the molecule is CCCCCCCCCCCCS(=O)(=O)CC(COP(=O)(O)n1c(=O)[nH]c2[nH]c(=O)[nH]c2c1=O)OCCCCCCCCCC. The minimum atomic E-state index is -5.09. The van der Waals surface area contributed by atoms with E-state index in [4.69, 9.17) is 9.26 Å². The van der Waals surface area contributed by atoms with Gasteiger partial charge in [-0.05, 0) is 12.8 Å². The van der Waals surface area contributed by atoms with Gasteiger partial charge in [0.15, 0.2) is 15.4 Å². The lowest BCUT2D eigenvalue weighted by Gasteiger charge is -2.20. The number of imidazole rings is 1. The van der Waals surface area contributed by atoms with Crippen LogP contribution in [-0.4, -0.2) is 63.4 Å². The number of sulfone groups is 1. The van der Waals surface area contributed by atoms with Crippen LogP contribution in [-0.2, 0) is 23.7 Å². The minimum absolute atomic E-state index is 0.00692. The molecule has 0 aliphatic carbocycles. The molecular weight excluding hydrogens is 623 g/mol. The number of nitrogens with one attached hydrogen (secondary N) is 3. The van der Waals surface area contributed by atoms with Gasteiger partial charge in [-0.3, -0.25) is 24.3 Å². The molecular formula is C30H55N4O9PS. The van der Waals surface area contributed by atoms with Crippen LogP contribution in [0.15, 0.2) is 14.4 Å². The molecule has 0 saturated heterocycles. The molecule has 0 saturated carbocycles. The second kappa shape index (κ2) is 21.0. The number of aromatic amines is 3. The van der Waals surface area contributed by atoms with Crippen molar-refractivity contribution >= 4 is 28.7 Å². The highest BCUT2D eigenvalue weighted by molar-refractivity contribution is 7.91. The van der Waals surface area contributed by atoms with Gasteiger partial charge in [0.05, 0.1) is 24.2 Å². The first-order valence-corrected chi connectivity index (χ1v) is 20.1. The van der Waals surface area contributed by atoms with Gasteiger partial charge < -0.3 is 9.63 Å². The van der Waals surface area contributed by atoms with Gasteiger partial charge in [0.2, 0.25) is 0 Å². The van der Waals surface area contributed by atoms with Crippen molar-refractivity contribution in [2.24, 2.45) is 0 Å². The molecule has 0 aromatic carbocycles. The number of ether oxygens (including phenoxy) is 1. The zero-order valence-corrected chi connectivity index (χ0v) is 28.9. The third-order valence-electron chi connectivity index (χ3n) is 7.84. The molecule has 2 aromatic heterocycles. The summed E-state index contributed by atoms with van der Waals surface area (Å²) in [6.07, 6.45) is 18.2. The predicted octanol–water partition coefficient (Wildman–Crippen LogP) is 5.53. The van der Waals surface area contributed by atoms with Crippen molar-refractivity contribution in [3.05, 3.63) is 31.3 Å². The van der Waals surface area contributed by atoms with Crippen molar-refractivity contribution in [2.45, 2.75) is 136 Å². The first-order chi connectivity index (χ1) is 21.5. The van der Waals surface area contributed by atoms with Crippen LogP contribution in [0.3, 0.4) is 0 Å². The van der Waals surface area contributed by atoms with Crippen molar-refractivity contribution in [3.8, 4) is 0 Å². The minimum Gasteiger partial charge on any atom is -0.375 e. The molecule has 2 aromatic rings. The second-order valence-electron chi connectivity index (χ2n) is 11.9. The van der Waals surface area contributed by atoms with E-state index in [2.05, 4.69) is 28.8 Å². The van der Waals surface area contributed by atoms with Crippen LogP contribution in [0.1, 0.15) is 129 Å². The highest BCUT2D eigenvalue weighted by Crippen LogP contribution is 2.41. The van der Waals surface area contributed by atoms with E-state index in [0.717, 1.165) is 44.9 Å². The Bertz CT molecular complexity index is 1450. The first kappa shape index (κ1) is 39.2. The lowest BCUT2D eigenvalue weighted by Crippen LogP contribution is -2.36. The summed E-state index contributed by atoms with van der Waals surface area (Å²) < 4.78 is 49.9. The smallest absolute Gasteiger partial charge is 0.375 e. The zero-order valence-electron chi connectivity index (χ0n) is 27.1. The Balaban J connectivity index is 1.95. The molecule has 2 rings (SSSR count). The molecule has 0 aliphatic heterocycles. The van der Waals surface area contributed by atoms with Crippen LogP contribution in [0.25, 0.3) is 11.2 Å². The zero-order chi connectivity index (χ0) is 33.1. The molecule has 15 heteroatoms. The number of nitrogens with zero attached hydrogens (tertiary/aromatic N) is 1. The fourth-order valence-electron chi connectivity index (χ4n) is 5.27. The molecule has 13 nitrogen and oxygen atoms in total. The summed E-state index contributed by atoms with van der Waals surface area (Å²) in [6, 6.07) is 0. The fourth-order valence-corrected chi connectivity index (χ4v) is 7.92. The average molecular weight is 679 g/mol. The summed E-state index contributed by atoms with van der Waals surface area (Å²) in [7, 11) is -8.67. The Morgan fingerprint density at radius 1 is 0.756 bits per heavy atom. The van der Waals surface area contributed by atoms with Crippen LogP contribution >= 0.6 is 7.75 Å². The van der Waals surface area contributed by atoms with Crippen LogP contribution in [0.2, 0.25) is 0 Å². The van der Waals surface area contributed by atoms with E-state index in [0.29, 0.717) is 12.8 Å². The number of unbranched alkanes of at least 4 members (excludes halogenated alkanes) is 16. The summed E-state index contributed by atoms with van der Waals surface area (Å²) in [5, 5.41) is 0. The topological polar surface area (TPSA) is 193 Å². The van der Waals surface area contributed by atoms with E-state index in [-0.39, 0.29) is 22.3 Å². The van der Waals surface area contributed by atoms with Gasteiger partial charge in [-0.15, -0.1) is 0 Å². The molecule has 2 unspecified atom stereocenters. The van der Waals surface area contributed by atoms with E-state index in [1.54, 1.807) is 0 Å². The number of hydrogen-bond acceptors (Lipinski definition) is 8. The molecule has 0 radical (unpaired) electrons. The van der Waals surface area contributed by atoms with Gasteiger partial charge >= 0.3 is 19.1 Å². The second-order valence-corrected chi connectivity index (χ2v) is 15.8. The number of H-pyrrole nitrogens is 3. The molecule has 0 spiro atoms. The maximum absolute atomic E-state index is 13.0. The maximum atomic E-state index is 13.0. The van der Waals surface area contributed by atoms with E-state index < -0.39 is 58.5 Å². The molecule has 4 N–H and O–H groups in total. The summed E-state index contributed by atoms with van der Waals surface area (Å²) in [5.74, 6) is -0.453. The number of rotatable bonds is 27. The Labute approximate surface area is 266 Å². The van der Waals surface area contributed by atoms with Gasteiger partial charge in [-0.2, -0.15) is 4.34 Å². The van der Waals surface area contributed by atoms with E-state index in [1.165, 1.54) is 57.8 Å². The lowest BCUT2D eigenvalue weighted by atomic mass is 10.1. The molecule has 0 bridgehead atoms. The maximum Gasteiger partial charge on any atom is 0.443 e. The Morgan fingerprint density at radius 3 is 1.82 bits per heavy atom. The summed E-state index contributed by atoms with van der Waals surface area (Å²) in [6.45, 7) is 3.97. The Morgan fingerprint density at radius 2 is 1.27 bits per heavy atom. The van der Waals surface area contributed by atoms with Gasteiger partial charge in [0.1, 0.15) is 5.65 Å². The van der Waals surface area contributed by atoms with Crippen molar-refractivity contribution in [1.82, 2.24) is 19.3 Å². The van der Waals surface area contributed by atoms with Crippen molar-refractivity contribution in [2.75, 3.05) is 24.7 Å². The molecule has 45 heavy (non-hydrogen) atoms. The van der Waals surface area contributed by atoms with Crippen molar-refractivity contribution in [1.29, 1.82) is 0 Å². The molecule has 2 heterocycles. The molecule has 0 fully saturated rings. The molecule has 0 amide bonds. The van der Waals surface area contributed by atoms with Gasteiger partial charge in [0.25, 0.3) is 5.56 Å². The third-order valence-corrected chi connectivity index (χ3v) is 11.0. The highest BCUT2D eigenvalue weighted by Gasteiger charge is 2.31. The van der Waals surface area contributed by atoms with Crippen LogP contribution in [0.5, 0.6) is 0 Å². The fraction of sp³-hybridized carbons (Fsp3) is 0.833. The summed E-state index contributed by atoms with van der Waals surface area (Å²) in [5.41, 5.74) is -3.91. The normalized spacial score (nSPS) is 14.2. The monoisotopic (exact) mass is 678 g/mol. The molecule has 0 aliphatic rings. The van der Waals surface area contributed by atoms with Crippen molar-refractivity contribution < 1.29 is 27.1 Å². The van der Waals surface area contributed by atoms with Crippen LogP contribution < -0.4 is 16.9 Å². The van der Waals surface area contributed by atoms with E-state index in [9.17, 15) is 32.3 Å². The first-order valence-electron chi connectivity index (χ1n) is 16.8. The average Bonchev–Trinajstić information content (AvgIpc) is 3.35. The van der Waals surface area contributed by atoms with Crippen LogP contribution in [0.4, 0.5) is 0 Å². The van der Waals surface area contributed by atoms with E-state index in [1.807, 2.05) is 0 Å². The Hall–Kier alpha value is -1.99. The summed E-state index contributed by atoms with van der Waals surface area (Å²) in [4.78, 5) is 53.8. The molecule has 2 atom stereocenters. The largest absolute Gasteiger partial charge is 0.443 e. The molecule has 260 valence electrons.